The third-order valence-corrected chi connectivity index (χ3v) is 4.42. The van der Waals surface area contributed by atoms with Gasteiger partial charge in [-0.25, -0.2) is 4.98 Å². The van der Waals surface area contributed by atoms with Crippen LogP contribution in [0.4, 0.5) is 0 Å². The van der Waals surface area contributed by atoms with Gasteiger partial charge in [0.2, 0.25) is 0 Å². The number of H-pyrrole nitrogens is 1. The predicted molar refractivity (Wildman–Crippen MR) is 77.8 cm³/mol. The number of fused-ring (bicyclic) bond motifs is 1. The van der Waals surface area contributed by atoms with Crippen molar-refractivity contribution < 1.29 is 0 Å². The summed E-state index contributed by atoms with van der Waals surface area (Å²) >= 11 is 13.7. The monoisotopic (exact) mass is 296 g/mol. The first-order valence-electron chi connectivity index (χ1n) is 5.58. The first-order chi connectivity index (χ1) is 8.72. The van der Waals surface area contributed by atoms with E-state index in [1.807, 2.05) is 6.07 Å². The second-order valence-electron chi connectivity index (χ2n) is 4.05. The minimum Gasteiger partial charge on any atom is -0.342 e. The Morgan fingerprint density at radius 2 is 2.00 bits per heavy atom. The van der Waals surface area contributed by atoms with E-state index in [1.54, 1.807) is 17.4 Å². The Hall–Kier alpha value is -1.03. The Morgan fingerprint density at radius 1 is 1.17 bits per heavy atom. The Bertz CT molecular complexity index is 635. The quantitative estimate of drug-likeness (QED) is 0.744. The van der Waals surface area contributed by atoms with E-state index in [1.165, 1.54) is 4.88 Å². The molecule has 92 valence electrons. The summed E-state index contributed by atoms with van der Waals surface area (Å²) in [6, 6.07) is 7.82. The highest BCUT2D eigenvalue weighted by Gasteiger charge is 2.07. The van der Waals surface area contributed by atoms with Gasteiger partial charge in [-0.3, -0.25) is 0 Å². The van der Waals surface area contributed by atoms with E-state index in [2.05, 4.69) is 27.5 Å². The lowest BCUT2D eigenvalue weighted by Crippen LogP contribution is -1.90. The molecule has 18 heavy (non-hydrogen) atoms. The molecule has 0 atom stereocenters. The molecule has 0 unspecified atom stereocenters. The van der Waals surface area contributed by atoms with Crippen molar-refractivity contribution in [1.82, 2.24) is 9.97 Å². The molecule has 1 N–H and O–H groups in total. The number of imidazole rings is 1. The van der Waals surface area contributed by atoms with Gasteiger partial charge < -0.3 is 4.98 Å². The fourth-order valence-electron chi connectivity index (χ4n) is 1.87. The number of hydrogen-bond acceptors (Lipinski definition) is 2. The summed E-state index contributed by atoms with van der Waals surface area (Å²) in [5, 5.41) is 3.19. The van der Waals surface area contributed by atoms with Crippen molar-refractivity contribution >= 4 is 45.6 Å². The van der Waals surface area contributed by atoms with E-state index < -0.39 is 0 Å². The van der Waals surface area contributed by atoms with Crippen LogP contribution in [0.1, 0.15) is 10.7 Å². The van der Waals surface area contributed by atoms with Crippen molar-refractivity contribution in [3.63, 3.8) is 0 Å². The van der Waals surface area contributed by atoms with Crippen molar-refractivity contribution in [2.24, 2.45) is 0 Å². The molecule has 3 rings (SSSR count). The van der Waals surface area contributed by atoms with Crippen LogP contribution < -0.4 is 0 Å². The van der Waals surface area contributed by atoms with Crippen molar-refractivity contribution in [1.29, 1.82) is 0 Å². The number of nitrogens with one attached hydrogen (secondary N) is 1. The van der Waals surface area contributed by atoms with Crippen LogP contribution in [-0.2, 0) is 12.8 Å². The number of thiophene rings is 1. The smallest absolute Gasteiger partial charge is 0.107 e. The molecule has 0 aliphatic carbocycles. The van der Waals surface area contributed by atoms with Gasteiger partial charge in [-0.05, 0) is 30.0 Å². The third kappa shape index (κ3) is 2.39. The van der Waals surface area contributed by atoms with E-state index in [0.717, 1.165) is 29.7 Å². The topological polar surface area (TPSA) is 28.7 Å². The minimum atomic E-state index is 0.542. The van der Waals surface area contributed by atoms with Crippen molar-refractivity contribution in [3.05, 3.63) is 50.4 Å². The fourth-order valence-corrected chi connectivity index (χ4v) is 2.90. The Balaban J connectivity index is 1.85. The molecule has 1 aromatic carbocycles. The molecular formula is C13H10Cl2N2S. The third-order valence-electron chi connectivity index (χ3n) is 2.76. The molecule has 3 aromatic rings. The van der Waals surface area contributed by atoms with Crippen LogP contribution >= 0.6 is 34.5 Å². The van der Waals surface area contributed by atoms with Gasteiger partial charge in [0.15, 0.2) is 0 Å². The number of rotatable bonds is 3. The molecule has 0 bridgehead atoms. The molecule has 0 saturated heterocycles. The van der Waals surface area contributed by atoms with Crippen LogP contribution in [0, 0.1) is 0 Å². The summed E-state index contributed by atoms with van der Waals surface area (Å²) in [7, 11) is 0. The van der Waals surface area contributed by atoms with Gasteiger partial charge in [0.1, 0.15) is 5.82 Å². The van der Waals surface area contributed by atoms with Crippen LogP contribution in [0.15, 0.2) is 29.6 Å². The summed E-state index contributed by atoms with van der Waals surface area (Å²) in [5.74, 6) is 0.969. The molecular weight excluding hydrogens is 287 g/mol. The lowest BCUT2D eigenvalue weighted by atomic mass is 10.2. The van der Waals surface area contributed by atoms with Gasteiger partial charge in [0.05, 0.1) is 21.1 Å². The average molecular weight is 297 g/mol. The number of aryl methyl sites for hydroxylation is 2. The highest BCUT2D eigenvalue weighted by Crippen LogP contribution is 2.26. The molecule has 0 fully saturated rings. The number of aromatic nitrogens is 2. The van der Waals surface area contributed by atoms with Crippen LogP contribution in [0.25, 0.3) is 11.0 Å². The normalized spacial score (nSPS) is 11.2. The molecule has 5 heteroatoms. The maximum atomic E-state index is 5.98. The lowest BCUT2D eigenvalue weighted by Gasteiger charge is -1.93. The molecule has 2 aromatic heterocycles. The minimum absolute atomic E-state index is 0.542. The van der Waals surface area contributed by atoms with Crippen LogP contribution in [-0.4, -0.2) is 9.97 Å². The molecule has 0 aliphatic heterocycles. The van der Waals surface area contributed by atoms with Gasteiger partial charge in [0, 0.05) is 11.3 Å². The maximum Gasteiger partial charge on any atom is 0.107 e. The van der Waals surface area contributed by atoms with Gasteiger partial charge in [-0.2, -0.15) is 0 Å². The van der Waals surface area contributed by atoms with E-state index in [4.69, 9.17) is 23.2 Å². The number of hydrogen-bond donors (Lipinski definition) is 1. The zero-order chi connectivity index (χ0) is 12.5. The first-order valence-corrected chi connectivity index (χ1v) is 7.22. The second kappa shape index (κ2) is 4.92. The maximum absolute atomic E-state index is 5.98. The summed E-state index contributed by atoms with van der Waals surface area (Å²) in [6.45, 7) is 0. The molecule has 0 spiro atoms. The zero-order valence-electron chi connectivity index (χ0n) is 9.41. The Kier molecular flexibility index (Phi) is 3.29. The first kappa shape index (κ1) is 12.0. The number of benzene rings is 1. The summed E-state index contributed by atoms with van der Waals surface area (Å²) < 4.78 is 0. The van der Waals surface area contributed by atoms with E-state index in [0.29, 0.717) is 10.0 Å². The predicted octanol–water partition coefficient (Wildman–Crippen LogP) is 4.72. The fraction of sp³-hybridized carbons (Fsp3) is 0.154. The van der Waals surface area contributed by atoms with Gasteiger partial charge >= 0.3 is 0 Å². The van der Waals surface area contributed by atoms with Crippen LogP contribution in [0.3, 0.4) is 0 Å². The van der Waals surface area contributed by atoms with Crippen molar-refractivity contribution in [2.45, 2.75) is 12.8 Å². The SMILES string of the molecule is Clc1cc2nc(CCc3cccs3)[nH]c2cc1Cl. The van der Waals surface area contributed by atoms with E-state index >= 15 is 0 Å². The van der Waals surface area contributed by atoms with Gasteiger partial charge in [-0.15, -0.1) is 11.3 Å². The zero-order valence-corrected chi connectivity index (χ0v) is 11.7. The number of aromatic amines is 1. The van der Waals surface area contributed by atoms with Crippen molar-refractivity contribution in [2.75, 3.05) is 0 Å². The highest BCUT2D eigenvalue weighted by atomic mass is 35.5. The molecule has 0 amide bonds. The molecule has 2 nitrogen and oxygen atoms in total. The van der Waals surface area contributed by atoms with Gasteiger partial charge in [0.25, 0.3) is 0 Å². The highest BCUT2D eigenvalue weighted by molar-refractivity contribution is 7.09. The van der Waals surface area contributed by atoms with E-state index in [-0.39, 0.29) is 0 Å². The summed E-state index contributed by atoms with van der Waals surface area (Å²) in [5.41, 5.74) is 1.80. The second-order valence-corrected chi connectivity index (χ2v) is 5.89. The van der Waals surface area contributed by atoms with E-state index in [9.17, 15) is 0 Å². The molecule has 0 saturated carbocycles. The van der Waals surface area contributed by atoms with Gasteiger partial charge in [-0.1, -0.05) is 29.3 Å². The summed E-state index contributed by atoms with van der Waals surface area (Å²) in [4.78, 5) is 9.16. The molecule has 0 radical (unpaired) electrons. The number of halogens is 2. The molecule has 0 aliphatic rings. The standard InChI is InChI=1S/C13H10Cl2N2S/c14-9-6-11-12(7-10(9)15)17-13(16-11)4-3-8-2-1-5-18-8/h1-2,5-7H,3-4H2,(H,16,17). The van der Waals surface area contributed by atoms with Crippen molar-refractivity contribution in [3.8, 4) is 0 Å². The Labute approximate surface area is 119 Å². The summed E-state index contributed by atoms with van der Waals surface area (Å²) in [6.07, 6.45) is 1.89. The molecule has 2 heterocycles. The van der Waals surface area contributed by atoms with Crippen LogP contribution in [0.2, 0.25) is 10.0 Å². The largest absolute Gasteiger partial charge is 0.342 e. The lowest BCUT2D eigenvalue weighted by molar-refractivity contribution is 0.903. The average Bonchev–Trinajstić information content (AvgIpc) is 2.96. The van der Waals surface area contributed by atoms with Crippen LogP contribution in [0.5, 0.6) is 0 Å². The number of nitrogens with zero attached hydrogens (tertiary/aromatic N) is 1. The Morgan fingerprint density at radius 3 is 2.78 bits per heavy atom.